The highest BCUT2D eigenvalue weighted by molar-refractivity contribution is 5.35. The molecule has 0 spiro atoms. The average molecular weight is 216 g/mol. The van der Waals surface area contributed by atoms with Gasteiger partial charge in [0.25, 0.3) is 0 Å². The van der Waals surface area contributed by atoms with Gasteiger partial charge in [-0.15, -0.1) is 5.11 Å². The maximum absolute atomic E-state index is 9.95. The molecule has 0 amide bonds. The summed E-state index contributed by atoms with van der Waals surface area (Å²) in [7, 11) is 0. The normalized spacial score (nSPS) is 24.7. The van der Waals surface area contributed by atoms with Gasteiger partial charge in [-0.25, -0.2) is 0 Å². The molecule has 1 aromatic carbocycles. The summed E-state index contributed by atoms with van der Waals surface area (Å²) in [4.78, 5) is 0. The fourth-order valence-corrected chi connectivity index (χ4v) is 1.41. The number of allylic oxidation sites excluding steroid dienone is 2. The second-order valence-corrected chi connectivity index (χ2v) is 3.61. The van der Waals surface area contributed by atoms with Crippen LogP contribution in [0.2, 0.25) is 0 Å². The molecular formula is C12H12N2O2. The van der Waals surface area contributed by atoms with Crippen LogP contribution < -0.4 is 0 Å². The molecule has 0 bridgehead atoms. The molecule has 1 atom stereocenters. The average Bonchev–Trinajstić information content (AvgIpc) is 2.28. The number of hydrogen-bond acceptors (Lipinski definition) is 4. The van der Waals surface area contributed by atoms with E-state index in [0.717, 1.165) is 0 Å². The highest BCUT2D eigenvalue weighted by Crippen LogP contribution is 2.25. The highest BCUT2D eigenvalue weighted by atomic mass is 16.3. The van der Waals surface area contributed by atoms with Crippen LogP contribution in [0.15, 0.2) is 64.5 Å². The van der Waals surface area contributed by atoms with Crippen LogP contribution in [-0.4, -0.2) is 15.9 Å². The number of rotatable bonds is 2. The Bertz CT molecular complexity index is 451. The Morgan fingerprint density at radius 1 is 1.19 bits per heavy atom. The second kappa shape index (κ2) is 4.28. The van der Waals surface area contributed by atoms with Crippen LogP contribution >= 0.6 is 0 Å². The van der Waals surface area contributed by atoms with Crippen molar-refractivity contribution < 1.29 is 10.2 Å². The predicted molar refractivity (Wildman–Crippen MR) is 60.4 cm³/mol. The fraction of sp³-hybridized carbons (Fsp3) is 0.167. The Hall–Kier alpha value is -1.94. The van der Waals surface area contributed by atoms with Gasteiger partial charge in [0.15, 0.2) is 0 Å². The van der Waals surface area contributed by atoms with Gasteiger partial charge in [0, 0.05) is 0 Å². The quantitative estimate of drug-likeness (QED) is 0.746. The van der Waals surface area contributed by atoms with Gasteiger partial charge in [0.2, 0.25) is 5.72 Å². The van der Waals surface area contributed by atoms with E-state index in [1.165, 1.54) is 12.2 Å². The van der Waals surface area contributed by atoms with Gasteiger partial charge >= 0.3 is 0 Å². The van der Waals surface area contributed by atoms with Gasteiger partial charge in [0.05, 0.1) is 17.9 Å². The second-order valence-electron chi connectivity index (χ2n) is 3.61. The first-order valence-electron chi connectivity index (χ1n) is 4.96. The van der Waals surface area contributed by atoms with Gasteiger partial charge in [-0.1, -0.05) is 24.3 Å². The van der Waals surface area contributed by atoms with Gasteiger partial charge < -0.3 is 10.2 Å². The highest BCUT2D eigenvalue weighted by Gasteiger charge is 2.26. The van der Waals surface area contributed by atoms with Crippen molar-refractivity contribution in [1.29, 1.82) is 0 Å². The summed E-state index contributed by atoms with van der Waals surface area (Å²) in [6.07, 6.45) is 4.63. The molecule has 2 rings (SSSR count). The van der Waals surface area contributed by atoms with Crippen molar-refractivity contribution in [2.24, 2.45) is 10.2 Å². The summed E-state index contributed by atoms with van der Waals surface area (Å²) in [5.41, 5.74) is -0.771. The van der Waals surface area contributed by atoms with E-state index in [9.17, 15) is 10.2 Å². The van der Waals surface area contributed by atoms with E-state index < -0.39 is 5.72 Å². The third kappa shape index (κ3) is 2.55. The summed E-state index contributed by atoms with van der Waals surface area (Å²) < 4.78 is 0. The van der Waals surface area contributed by atoms with E-state index >= 15 is 0 Å². The number of nitrogens with zero attached hydrogens (tertiary/aromatic N) is 2. The molecule has 1 aromatic rings. The summed E-state index contributed by atoms with van der Waals surface area (Å²) in [5.74, 6) is 0.0945. The first kappa shape index (κ1) is 10.6. The van der Waals surface area contributed by atoms with Gasteiger partial charge in [-0.05, 0) is 24.3 Å². The van der Waals surface area contributed by atoms with Crippen LogP contribution in [0.4, 0.5) is 5.69 Å². The smallest absolute Gasteiger partial charge is 0.203 e. The number of benzene rings is 1. The minimum absolute atomic E-state index is 0.0554. The fourth-order valence-electron chi connectivity index (χ4n) is 1.41. The number of azo groups is 1. The van der Waals surface area contributed by atoms with Crippen LogP contribution in [0.1, 0.15) is 6.42 Å². The zero-order chi connectivity index (χ0) is 11.4. The predicted octanol–water partition coefficient (Wildman–Crippen LogP) is 2.86. The first-order chi connectivity index (χ1) is 7.68. The summed E-state index contributed by atoms with van der Waals surface area (Å²) in [5, 5.41) is 27.0. The van der Waals surface area contributed by atoms with E-state index in [4.69, 9.17) is 0 Å². The Morgan fingerprint density at radius 2 is 1.94 bits per heavy atom. The van der Waals surface area contributed by atoms with Gasteiger partial charge in [0.1, 0.15) is 0 Å². The Labute approximate surface area is 93.3 Å². The van der Waals surface area contributed by atoms with Crippen LogP contribution in [0.5, 0.6) is 0 Å². The number of hydrogen-bond donors (Lipinski definition) is 2. The summed E-state index contributed by atoms with van der Waals surface area (Å²) in [6, 6.07) is 9.13. The summed E-state index contributed by atoms with van der Waals surface area (Å²) in [6.45, 7) is 0. The molecule has 0 heterocycles. The molecule has 4 heteroatoms. The number of aliphatic hydroxyl groups is 2. The largest absolute Gasteiger partial charge is 0.512 e. The zero-order valence-corrected chi connectivity index (χ0v) is 8.61. The van der Waals surface area contributed by atoms with Crippen molar-refractivity contribution in [3.8, 4) is 0 Å². The van der Waals surface area contributed by atoms with Gasteiger partial charge in [-0.3, -0.25) is 0 Å². The lowest BCUT2D eigenvalue weighted by atomic mass is 10.0. The monoisotopic (exact) mass is 216 g/mol. The molecular weight excluding hydrogens is 204 g/mol. The molecule has 0 radical (unpaired) electrons. The van der Waals surface area contributed by atoms with Crippen molar-refractivity contribution in [3.05, 3.63) is 54.3 Å². The molecule has 1 unspecified atom stereocenters. The number of aliphatic hydroxyl groups excluding tert-OH is 1. The van der Waals surface area contributed by atoms with E-state index in [-0.39, 0.29) is 12.2 Å². The topological polar surface area (TPSA) is 65.2 Å². The van der Waals surface area contributed by atoms with Gasteiger partial charge in [-0.2, -0.15) is 5.11 Å². The third-order valence-electron chi connectivity index (χ3n) is 2.19. The van der Waals surface area contributed by atoms with E-state index in [0.29, 0.717) is 5.69 Å². The molecule has 0 aliphatic heterocycles. The lowest BCUT2D eigenvalue weighted by Gasteiger charge is -2.19. The van der Waals surface area contributed by atoms with Crippen molar-refractivity contribution >= 4 is 5.69 Å². The van der Waals surface area contributed by atoms with E-state index in [1.807, 2.05) is 18.2 Å². The molecule has 0 fully saturated rings. The molecule has 0 aromatic heterocycles. The lowest BCUT2D eigenvalue weighted by Crippen LogP contribution is -2.24. The third-order valence-corrected chi connectivity index (χ3v) is 2.19. The molecule has 1 aliphatic rings. The molecule has 1 aliphatic carbocycles. The van der Waals surface area contributed by atoms with Crippen LogP contribution in [0.25, 0.3) is 0 Å². The molecule has 4 nitrogen and oxygen atoms in total. The van der Waals surface area contributed by atoms with Crippen LogP contribution in [-0.2, 0) is 0 Å². The van der Waals surface area contributed by atoms with Crippen molar-refractivity contribution in [1.82, 2.24) is 0 Å². The SMILES string of the molecule is OC1=CC=CC(O)(/N=N/c2ccccc2)C1. The standard InChI is InChI=1S/C12H12N2O2/c15-11-7-4-8-12(16,9-11)14-13-10-5-2-1-3-6-10/h1-8,15-16H,9H2/b14-13+. The summed E-state index contributed by atoms with van der Waals surface area (Å²) >= 11 is 0. The minimum atomic E-state index is -1.44. The van der Waals surface area contributed by atoms with Crippen LogP contribution in [0.3, 0.4) is 0 Å². The van der Waals surface area contributed by atoms with Crippen molar-refractivity contribution in [3.63, 3.8) is 0 Å². The molecule has 0 saturated carbocycles. The Morgan fingerprint density at radius 3 is 2.62 bits per heavy atom. The van der Waals surface area contributed by atoms with Crippen LogP contribution in [0, 0.1) is 0 Å². The Kier molecular flexibility index (Phi) is 2.83. The molecule has 2 N–H and O–H groups in total. The first-order valence-corrected chi connectivity index (χ1v) is 4.96. The molecule has 16 heavy (non-hydrogen) atoms. The minimum Gasteiger partial charge on any atom is -0.512 e. The molecule has 82 valence electrons. The Balaban J connectivity index is 2.13. The maximum atomic E-state index is 9.95. The zero-order valence-electron chi connectivity index (χ0n) is 8.61. The lowest BCUT2D eigenvalue weighted by molar-refractivity contribution is 0.0796. The maximum Gasteiger partial charge on any atom is 0.203 e. The van der Waals surface area contributed by atoms with E-state index in [2.05, 4.69) is 10.2 Å². The van der Waals surface area contributed by atoms with E-state index in [1.54, 1.807) is 18.2 Å². The van der Waals surface area contributed by atoms with Crippen molar-refractivity contribution in [2.75, 3.05) is 0 Å². The van der Waals surface area contributed by atoms with Crippen molar-refractivity contribution in [2.45, 2.75) is 12.1 Å². The molecule has 0 saturated heterocycles.